The van der Waals surface area contributed by atoms with Crippen LogP contribution >= 0.6 is 0 Å². The van der Waals surface area contributed by atoms with Gasteiger partial charge in [0.25, 0.3) is 0 Å². The molecule has 0 radical (unpaired) electrons. The van der Waals surface area contributed by atoms with Gasteiger partial charge in [0.15, 0.2) is 0 Å². The summed E-state index contributed by atoms with van der Waals surface area (Å²) in [5.74, 6) is -1.31. The van der Waals surface area contributed by atoms with Crippen LogP contribution in [0.5, 0.6) is 0 Å². The predicted octanol–water partition coefficient (Wildman–Crippen LogP) is 4.45. The van der Waals surface area contributed by atoms with Gasteiger partial charge in [0, 0.05) is 22.6 Å². The first kappa shape index (κ1) is 13.3. The molecule has 2 heterocycles. The van der Waals surface area contributed by atoms with Gasteiger partial charge in [0.2, 0.25) is 5.76 Å². The van der Waals surface area contributed by atoms with E-state index < -0.39 is 5.97 Å². The first-order valence-electron chi connectivity index (χ1n) is 6.99. The Balaban J connectivity index is 1.73. The van der Waals surface area contributed by atoms with Crippen molar-refractivity contribution >= 4 is 16.9 Å². The molecule has 0 fully saturated rings. The first-order valence-corrected chi connectivity index (χ1v) is 6.99. The Morgan fingerprint density at radius 2 is 1.78 bits per heavy atom. The number of carboxylic acids is 1. The molecule has 2 aromatic heterocycles. The minimum Gasteiger partial charge on any atom is -0.475 e. The molecule has 4 rings (SSSR count). The molecule has 2 aromatic carbocycles. The van der Waals surface area contributed by atoms with E-state index in [-0.39, 0.29) is 5.76 Å². The van der Waals surface area contributed by atoms with Gasteiger partial charge in [-0.05, 0) is 11.6 Å². The van der Waals surface area contributed by atoms with Crippen LogP contribution in [0.1, 0.15) is 10.6 Å². The van der Waals surface area contributed by atoms with Gasteiger partial charge in [-0.15, -0.1) is 0 Å². The van der Waals surface area contributed by atoms with Gasteiger partial charge in [-0.2, -0.15) is 0 Å². The van der Waals surface area contributed by atoms with Crippen molar-refractivity contribution < 1.29 is 18.8 Å². The molecule has 0 saturated heterocycles. The summed E-state index contributed by atoms with van der Waals surface area (Å²) in [5.41, 5.74) is 4.14. The number of fused-ring (bicyclic) bond motifs is 1. The summed E-state index contributed by atoms with van der Waals surface area (Å²) < 4.78 is 10.3. The van der Waals surface area contributed by atoms with Crippen LogP contribution in [0.25, 0.3) is 33.4 Å². The second-order valence-corrected chi connectivity index (χ2v) is 5.10. The van der Waals surface area contributed by atoms with E-state index in [1.54, 1.807) is 6.26 Å². The molecule has 5 nitrogen and oxygen atoms in total. The Morgan fingerprint density at radius 1 is 1.00 bits per heavy atom. The average molecular weight is 305 g/mol. The van der Waals surface area contributed by atoms with E-state index in [4.69, 9.17) is 14.0 Å². The molecule has 112 valence electrons. The quantitative estimate of drug-likeness (QED) is 0.605. The number of rotatable bonds is 3. The molecular formula is C18H11NO4. The Morgan fingerprint density at radius 3 is 2.52 bits per heavy atom. The third-order valence-corrected chi connectivity index (χ3v) is 3.69. The Labute approximate surface area is 130 Å². The lowest BCUT2D eigenvalue weighted by Crippen LogP contribution is -1.91. The molecular weight excluding hydrogens is 294 g/mol. The fourth-order valence-corrected chi connectivity index (χ4v) is 2.55. The summed E-state index contributed by atoms with van der Waals surface area (Å²) >= 11 is 0. The maximum Gasteiger partial charge on any atom is 0.374 e. The molecule has 0 atom stereocenters. The normalized spacial score (nSPS) is 11.0. The van der Waals surface area contributed by atoms with Crippen molar-refractivity contribution in [2.45, 2.75) is 0 Å². The van der Waals surface area contributed by atoms with Crippen molar-refractivity contribution in [2.24, 2.45) is 0 Å². The topological polar surface area (TPSA) is 76.5 Å². The summed E-state index contributed by atoms with van der Waals surface area (Å²) in [6.07, 6.45) is 1.67. The van der Waals surface area contributed by atoms with E-state index in [0.717, 1.165) is 27.7 Å². The predicted molar refractivity (Wildman–Crippen MR) is 84.1 cm³/mol. The third kappa shape index (κ3) is 2.28. The lowest BCUT2D eigenvalue weighted by atomic mass is 10.0. The lowest BCUT2D eigenvalue weighted by molar-refractivity contribution is 0.0652. The molecule has 0 aliphatic heterocycles. The highest BCUT2D eigenvalue weighted by atomic mass is 16.5. The Kier molecular flexibility index (Phi) is 2.98. The second kappa shape index (κ2) is 5.14. The largest absolute Gasteiger partial charge is 0.475 e. The van der Waals surface area contributed by atoms with Crippen molar-refractivity contribution in [3.8, 4) is 22.4 Å². The van der Waals surface area contributed by atoms with Crippen molar-refractivity contribution in [1.29, 1.82) is 0 Å². The number of aromatic nitrogens is 1. The fraction of sp³-hybridized carbons (Fsp3) is 0. The summed E-state index contributed by atoms with van der Waals surface area (Å²) in [5, 5.41) is 13.7. The molecule has 0 unspecified atom stereocenters. The smallest absolute Gasteiger partial charge is 0.374 e. The second-order valence-electron chi connectivity index (χ2n) is 5.10. The van der Waals surface area contributed by atoms with Crippen molar-refractivity contribution in [1.82, 2.24) is 5.16 Å². The van der Waals surface area contributed by atoms with Crippen LogP contribution in [0.15, 0.2) is 69.8 Å². The molecule has 0 spiro atoms. The molecule has 0 amide bonds. The molecule has 23 heavy (non-hydrogen) atoms. The van der Waals surface area contributed by atoms with Crippen LogP contribution < -0.4 is 0 Å². The van der Waals surface area contributed by atoms with Crippen molar-refractivity contribution in [2.75, 3.05) is 0 Å². The zero-order valence-electron chi connectivity index (χ0n) is 11.9. The number of hydrogen-bond acceptors (Lipinski definition) is 4. The highest BCUT2D eigenvalue weighted by molar-refractivity contribution is 5.92. The van der Waals surface area contributed by atoms with E-state index in [2.05, 4.69) is 5.16 Å². The van der Waals surface area contributed by atoms with E-state index >= 15 is 0 Å². The summed E-state index contributed by atoms with van der Waals surface area (Å²) in [7, 11) is 0. The average Bonchev–Trinajstić information content (AvgIpc) is 3.24. The highest BCUT2D eigenvalue weighted by Crippen LogP contribution is 2.30. The van der Waals surface area contributed by atoms with Crippen LogP contribution in [0.4, 0.5) is 0 Å². The van der Waals surface area contributed by atoms with Crippen LogP contribution in [0.2, 0.25) is 0 Å². The van der Waals surface area contributed by atoms with Gasteiger partial charge in [0.1, 0.15) is 11.3 Å². The van der Waals surface area contributed by atoms with Gasteiger partial charge in [0.05, 0.1) is 6.26 Å². The van der Waals surface area contributed by atoms with Crippen LogP contribution in [0, 0.1) is 0 Å². The van der Waals surface area contributed by atoms with Crippen molar-refractivity contribution in [3.05, 3.63) is 66.6 Å². The molecule has 0 saturated carbocycles. The zero-order valence-corrected chi connectivity index (χ0v) is 11.9. The number of benzene rings is 2. The number of aromatic carboxylic acids is 1. The van der Waals surface area contributed by atoms with E-state index in [1.165, 1.54) is 6.07 Å². The molecule has 0 aliphatic carbocycles. The molecule has 0 aliphatic rings. The molecule has 5 heteroatoms. The number of para-hydroxylation sites is 1. The maximum absolute atomic E-state index is 10.8. The van der Waals surface area contributed by atoms with Gasteiger partial charge in [-0.3, -0.25) is 0 Å². The van der Waals surface area contributed by atoms with Crippen LogP contribution in [0.3, 0.4) is 0 Å². The number of furan rings is 1. The van der Waals surface area contributed by atoms with Crippen molar-refractivity contribution in [3.63, 3.8) is 0 Å². The van der Waals surface area contributed by atoms with E-state index in [0.29, 0.717) is 5.69 Å². The third-order valence-electron chi connectivity index (χ3n) is 3.69. The van der Waals surface area contributed by atoms with E-state index in [9.17, 15) is 4.79 Å². The minimum absolute atomic E-state index is 0.176. The van der Waals surface area contributed by atoms with E-state index in [1.807, 2.05) is 48.5 Å². The SMILES string of the molecule is O=C(O)c1cc(-c2ccc(-c3cccc4ccoc34)cc2)no1. The number of carboxylic acid groups (broad SMARTS) is 1. The number of hydrogen-bond donors (Lipinski definition) is 1. The monoisotopic (exact) mass is 305 g/mol. The fourth-order valence-electron chi connectivity index (χ4n) is 2.55. The zero-order chi connectivity index (χ0) is 15.8. The Hall–Kier alpha value is -3.34. The number of nitrogens with zero attached hydrogens (tertiary/aromatic N) is 1. The lowest BCUT2D eigenvalue weighted by Gasteiger charge is -2.03. The summed E-state index contributed by atoms with van der Waals surface area (Å²) in [6.45, 7) is 0. The minimum atomic E-state index is -1.13. The highest BCUT2D eigenvalue weighted by Gasteiger charge is 2.13. The standard InChI is InChI=1S/C18H11NO4/c20-18(21)16-10-15(19-23-16)12-6-4-11(5-7-12)14-3-1-2-13-8-9-22-17(13)14/h1-10H,(H,20,21). The van der Waals surface area contributed by atoms with Crippen LogP contribution in [-0.2, 0) is 0 Å². The van der Waals surface area contributed by atoms with Gasteiger partial charge < -0.3 is 14.0 Å². The van der Waals surface area contributed by atoms with Gasteiger partial charge >= 0.3 is 5.97 Å². The number of carbonyl (C=O) groups is 1. The molecule has 0 bridgehead atoms. The molecule has 4 aromatic rings. The maximum atomic E-state index is 10.8. The van der Waals surface area contributed by atoms with Gasteiger partial charge in [-0.25, -0.2) is 4.79 Å². The first-order chi connectivity index (χ1) is 11.2. The summed E-state index contributed by atoms with van der Waals surface area (Å²) in [6, 6.07) is 17.0. The van der Waals surface area contributed by atoms with Crippen LogP contribution in [-0.4, -0.2) is 16.2 Å². The Bertz CT molecular complexity index is 995. The summed E-state index contributed by atoms with van der Waals surface area (Å²) in [4.78, 5) is 10.8. The molecule has 1 N–H and O–H groups in total. The van der Waals surface area contributed by atoms with Gasteiger partial charge in [-0.1, -0.05) is 47.6 Å².